The molecule has 2 amide bonds. The van der Waals surface area contributed by atoms with Crippen LogP contribution in [0.2, 0.25) is 0 Å². The number of rotatable bonds is 3. The van der Waals surface area contributed by atoms with Crippen LogP contribution in [0.25, 0.3) is 0 Å². The van der Waals surface area contributed by atoms with Crippen LogP contribution in [0.1, 0.15) is 52.6 Å². The Hall–Kier alpha value is -2.67. The predicted octanol–water partition coefficient (Wildman–Crippen LogP) is 0.782. The molecule has 4 N–H and O–H groups in total. The van der Waals surface area contributed by atoms with Gasteiger partial charge >= 0.3 is 0 Å². The number of nitrogens with zero attached hydrogens (tertiary/aromatic N) is 2. The number of piperidine rings is 1. The fourth-order valence-corrected chi connectivity index (χ4v) is 4.60. The van der Waals surface area contributed by atoms with Crippen molar-refractivity contribution in [2.45, 2.75) is 51.6 Å². The lowest BCUT2D eigenvalue weighted by Gasteiger charge is -2.41. The molecule has 0 bridgehead atoms. The lowest BCUT2D eigenvalue weighted by molar-refractivity contribution is -0.743. The molecule has 1 aromatic carbocycles. The summed E-state index contributed by atoms with van der Waals surface area (Å²) in [5.41, 5.74) is 5.18. The molecule has 7 nitrogen and oxygen atoms in total. The molecular formula is C22H30N5O2+. The number of aromatic amines is 1. The van der Waals surface area contributed by atoms with Gasteiger partial charge < -0.3 is 20.5 Å². The van der Waals surface area contributed by atoms with E-state index >= 15 is 0 Å². The standard InChI is InChI=1S/C22H29N5O2/c1-14-4-5-17(12-15(14)2)20(28)26-16(3)21(29)27-10-7-22(8-11-27)19-18(6-9-25-22)23-13-24-19/h4-5,12-13,16,25H,6-11H2,1-3H3,(H,23,24)(H,26,28)/p+1/t16-/m0/s1. The van der Waals surface area contributed by atoms with Gasteiger partial charge in [-0.2, -0.15) is 0 Å². The molecule has 0 radical (unpaired) electrons. The van der Waals surface area contributed by atoms with Crippen molar-refractivity contribution in [1.29, 1.82) is 0 Å². The smallest absolute Gasteiger partial charge is 0.251 e. The second kappa shape index (κ2) is 7.63. The van der Waals surface area contributed by atoms with Crippen LogP contribution in [-0.4, -0.2) is 52.4 Å². The highest BCUT2D eigenvalue weighted by molar-refractivity contribution is 5.97. The molecule has 2 aliphatic heterocycles. The van der Waals surface area contributed by atoms with Crippen molar-refractivity contribution in [2.75, 3.05) is 19.6 Å². The first-order chi connectivity index (χ1) is 13.9. The lowest BCUT2D eigenvalue weighted by atomic mass is 9.80. The Balaban J connectivity index is 1.37. The fourth-order valence-electron chi connectivity index (χ4n) is 4.60. The first kappa shape index (κ1) is 19.6. The highest BCUT2D eigenvalue weighted by atomic mass is 16.2. The van der Waals surface area contributed by atoms with Crippen molar-refractivity contribution >= 4 is 11.8 Å². The zero-order valence-electron chi connectivity index (χ0n) is 17.4. The molecule has 0 unspecified atom stereocenters. The average molecular weight is 397 g/mol. The minimum Gasteiger partial charge on any atom is -0.348 e. The van der Waals surface area contributed by atoms with E-state index in [0.717, 1.165) is 42.6 Å². The maximum Gasteiger partial charge on any atom is 0.251 e. The second-order valence-corrected chi connectivity index (χ2v) is 8.45. The van der Waals surface area contributed by atoms with Crippen LogP contribution in [0.15, 0.2) is 24.5 Å². The predicted molar refractivity (Wildman–Crippen MR) is 109 cm³/mol. The second-order valence-electron chi connectivity index (χ2n) is 8.45. The first-order valence-corrected chi connectivity index (χ1v) is 10.4. The Kier molecular flexibility index (Phi) is 5.17. The summed E-state index contributed by atoms with van der Waals surface area (Å²) in [6.07, 6.45) is 4.57. The monoisotopic (exact) mass is 396 g/mol. The normalized spacial score (nSPS) is 18.9. The van der Waals surface area contributed by atoms with E-state index in [2.05, 4.69) is 20.6 Å². The number of nitrogens with one attached hydrogen (secondary N) is 2. The van der Waals surface area contributed by atoms with Gasteiger partial charge in [0.1, 0.15) is 17.3 Å². The summed E-state index contributed by atoms with van der Waals surface area (Å²) in [5.74, 6) is -0.223. The number of fused-ring (bicyclic) bond motifs is 2. The summed E-state index contributed by atoms with van der Waals surface area (Å²) in [5, 5.41) is 5.26. The topological polar surface area (TPSA) is 94.7 Å². The van der Waals surface area contributed by atoms with Crippen molar-refractivity contribution in [3.8, 4) is 0 Å². The van der Waals surface area contributed by atoms with Crippen molar-refractivity contribution < 1.29 is 14.9 Å². The van der Waals surface area contributed by atoms with Gasteiger partial charge in [-0.25, -0.2) is 4.98 Å². The van der Waals surface area contributed by atoms with E-state index in [9.17, 15) is 9.59 Å². The maximum absolute atomic E-state index is 12.9. The third-order valence-electron chi connectivity index (χ3n) is 6.57. The Labute approximate surface area is 171 Å². The Morgan fingerprint density at radius 3 is 2.72 bits per heavy atom. The number of carbonyl (C=O) groups is 2. The van der Waals surface area contributed by atoms with Crippen LogP contribution < -0.4 is 10.6 Å². The van der Waals surface area contributed by atoms with Crippen molar-refractivity contribution in [3.63, 3.8) is 0 Å². The molecule has 1 spiro atoms. The minimum atomic E-state index is -0.547. The van der Waals surface area contributed by atoms with Gasteiger partial charge in [0, 0.05) is 43.6 Å². The molecule has 2 aliphatic rings. The van der Waals surface area contributed by atoms with Crippen LogP contribution in [0.5, 0.6) is 0 Å². The summed E-state index contributed by atoms with van der Waals surface area (Å²) in [4.78, 5) is 35.2. The van der Waals surface area contributed by atoms with E-state index in [4.69, 9.17) is 0 Å². The SMILES string of the molecule is Cc1ccc(C(=O)N[C@@H](C)C(=O)N2CCC3(CC2)[NH2+]CCc2[nH]cnc23)cc1C. The van der Waals surface area contributed by atoms with Crippen LogP contribution in [0.4, 0.5) is 0 Å². The van der Waals surface area contributed by atoms with Gasteiger partial charge in [-0.15, -0.1) is 0 Å². The number of amides is 2. The zero-order valence-corrected chi connectivity index (χ0v) is 17.4. The van der Waals surface area contributed by atoms with E-state index in [1.165, 1.54) is 5.69 Å². The highest BCUT2D eigenvalue weighted by Gasteiger charge is 2.46. The number of H-pyrrole nitrogens is 1. The Bertz CT molecular complexity index is 927. The molecular weight excluding hydrogens is 366 g/mol. The highest BCUT2D eigenvalue weighted by Crippen LogP contribution is 2.31. The molecule has 0 aliphatic carbocycles. The van der Waals surface area contributed by atoms with E-state index in [-0.39, 0.29) is 17.4 Å². The summed E-state index contributed by atoms with van der Waals surface area (Å²) in [7, 11) is 0. The summed E-state index contributed by atoms with van der Waals surface area (Å²) < 4.78 is 0. The lowest BCUT2D eigenvalue weighted by Crippen LogP contribution is -2.97. The number of benzene rings is 1. The van der Waals surface area contributed by atoms with Crippen molar-refractivity contribution in [1.82, 2.24) is 20.2 Å². The summed E-state index contributed by atoms with van der Waals surface area (Å²) in [6, 6.07) is 5.06. The van der Waals surface area contributed by atoms with E-state index in [1.807, 2.05) is 30.9 Å². The number of hydrogen-bond acceptors (Lipinski definition) is 3. The summed E-state index contributed by atoms with van der Waals surface area (Å²) >= 11 is 0. The fraction of sp³-hybridized carbons (Fsp3) is 0.500. The van der Waals surface area contributed by atoms with E-state index < -0.39 is 6.04 Å². The minimum absolute atomic E-state index is 0.0176. The first-order valence-electron chi connectivity index (χ1n) is 10.4. The molecule has 7 heteroatoms. The quantitative estimate of drug-likeness (QED) is 0.716. The largest absolute Gasteiger partial charge is 0.348 e. The van der Waals surface area contributed by atoms with Gasteiger partial charge in [-0.3, -0.25) is 9.59 Å². The van der Waals surface area contributed by atoms with Crippen LogP contribution in [0, 0.1) is 13.8 Å². The number of aryl methyl sites for hydroxylation is 2. The van der Waals surface area contributed by atoms with Crippen molar-refractivity contribution in [3.05, 3.63) is 52.6 Å². The molecule has 3 heterocycles. The molecule has 154 valence electrons. The van der Waals surface area contributed by atoms with Gasteiger partial charge in [-0.1, -0.05) is 6.07 Å². The number of likely N-dealkylation sites (tertiary alicyclic amines) is 1. The molecule has 1 atom stereocenters. The maximum atomic E-state index is 12.9. The molecule has 2 aromatic rings. The Morgan fingerprint density at radius 2 is 2.00 bits per heavy atom. The number of hydrogen-bond donors (Lipinski definition) is 3. The van der Waals surface area contributed by atoms with Crippen LogP contribution in [-0.2, 0) is 16.8 Å². The number of aromatic nitrogens is 2. The molecule has 4 rings (SSSR count). The third-order valence-corrected chi connectivity index (χ3v) is 6.57. The van der Waals surface area contributed by atoms with Gasteiger partial charge in [0.15, 0.2) is 0 Å². The van der Waals surface area contributed by atoms with Gasteiger partial charge in [0.2, 0.25) is 5.91 Å². The number of imidazole rings is 1. The number of carbonyl (C=O) groups excluding carboxylic acids is 2. The number of nitrogens with two attached hydrogens (primary N) is 1. The molecule has 0 saturated carbocycles. The van der Waals surface area contributed by atoms with Gasteiger partial charge in [0.25, 0.3) is 5.91 Å². The third kappa shape index (κ3) is 3.67. The van der Waals surface area contributed by atoms with E-state index in [0.29, 0.717) is 18.7 Å². The van der Waals surface area contributed by atoms with Crippen molar-refractivity contribution in [2.24, 2.45) is 0 Å². The molecule has 29 heavy (non-hydrogen) atoms. The molecule has 1 saturated heterocycles. The zero-order chi connectivity index (χ0) is 20.6. The molecule has 1 fully saturated rings. The number of quaternary nitrogens is 1. The Morgan fingerprint density at radius 1 is 1.24 bits per heavy atom. The van der Waals surface area contributed by atoms with Crippen LogP contribution in [0.3, 0.4) is 0 Å². The summed E-state index contributed by atoms with van der Waals surface area (Å²) in [6.45, 7) is 8.19. The van der Waals surface area contributed by atoms with Crippen LogP contribution >= 0.6 is 0 Å². The van der Waals surface area contributed by atoms with E-state index in [1.54, 1.807) is 19.3 Å². The average Bonchev–Trinajstić information content (AvgIpc) is 3.20. The molecule has 1 aromatic heterocycles. The van der Waals surface area contributed by atoms with Gasteiger partial charge in [-0.05, 0) is 44.0 Å². The van der Waals surface area contributed by atoms with Gasteiger partial charge in [0.05, 0.1) is 12.9 Å².